The largest absolute Gasteiger partial charge is 0.347 e. The van der Waals surface area contributed by atoms with Crippen LogP contribution < -0.4 is 5.32 Å². The quantitative estimate of drug-likeness (QED) is 0.568. The third-order valence-electron chi connectivity index (χ3n) is 4.43. The summed E-state index contributed by atoms with van der Waals surface area (Å²) in [5.74, 6) is 0.505. The second kappa shape index (κ2) is 8.39. The first kappa shape index (κ1) is 18.4. The molecule has 4 rings (SSSR count). The normalized spacial score (nSPS) is 10.5. The number of carbonyl (C=O) groups is 1. The van der Waals surface area contributed by atoms with E-state index < -0.39 is 0 Å². The van der Waals surface area contributed by atoms with Crippen LogP contribution in [0.3, 0.4) is 0 Å². The fraction of sp³-hybridized carbons (Fsp3) is 0.0870. The molecule has 0 spiro atoms. The zero-order chi connectivity index (χ0) is 20.1. The minimum Gasteiger partial charge on any atom is -0.347 e. The Balaban J connectivity index is 1.54. The van der Waals surface area contributed by atoms with Crippen molar-refractivity contribution in [3.63, 3.8) is 0 Å². The molecule has 3 aromatic heterocycles. The fourth-order valence-corrected chi connectivity index (χ4v) is 2.95. The van der Waals surface area contributed by atoms with Gasteiger partial charge in [-0.2, -0.15) is 0 Å². The lowest BCUT2D eigenvalue weighted by molar-refractivity contribution is 0.0946. The van der Waals surface area contributed by atoms with E-state index in [2.05, 4.69) is 25.3 Å². The number of amides is 1. The molecule has 1 amide bonds. The Kier molecular flexibility index (Phi) is 5.33. The van der Waals surface area contributed by atoms with Crippen molar-refractivity contribution in [1.82, 2.24) is 25.3 Å². The topological polar surface area (TPSA) is 80.7 Å². The van der Waals surface area contributed by atoms with E-state index in [4.69, 9.17) is 0 Å². The standard InChI is InChI=1S/C23H19N5O/c1-16-26-15-19(20-6-2-4-12-24-20)22(28-16)18-10-8-17(9-11-18)14-27-23(29)21-7-3-5-13-25-21/h2-13,15H,14H2,1H3,(H,27,29). The van der Waals surface area contributed by atoms with Crippen molar-refractivity contribution in [2.24, 2.45) is 0 Å². The number of hydrogen-bond donors (Lipinski definition) is 1. The maximum atomic E-state index is 12.1. The molecule has 0 atom stereocenters. The number of carbonyl (C=O) groups excluding carboxylic acids is 1. The lowest BCUT2D eigenvalue weighted by Gasteiger charge is -2.10. The van der Waals surface area contributed by atoms with Crippen LogP contribution in [0.4, 0.5) is 0 Å². The number of rotatable bonds is 5. The first-order valence-electron chi connectivity index (χ1n) is 9.24. The van der Waals surface area contributed by atoms with Crippen molar-refractivity contribution in [3.05, 3.63) is 96.3 Å². The van der Waals surface area contributed by atoms with Crippen molar-refractivity contribution in [2.75, 3.05) is 0 Å². The highest BCUT2D eigenvalue weighted by atomic mass is 16.1. The molecule has 1 aromatic carbocycles. The Morgan fingerprint density at radius 3 is 2.34 bits per heavy atom. The molecule has 0 radical (unpaired) electrons. The maximum absolute atomic E-state index is 12.1. The highest BCUT2D eigenvalue weighted by Gasteiger charge is 2.12. The van der Waals surface area contributed by atoms with Gasteiger partial charge in [-0.25, -0.2) is 9.97 Å². The molecule has 3 heterocycles. The second-order valence-electron chi connectivity index (χ2n) is 6.49. The van der Waals surface area contributed by atoms with Crippen LogP contribution in [0.5, 0.6) is 0 Å². The van der Waals surface area contributed by atoms with Gasteiger partial charge in [0.05, 0.1) is 11.4 Å². The molecule has 1 N–H and O–H groups in total. The van der Waals surface area contributed by atoms with Crippen molar-refractivity contribution in [1.29, 1.82) is 0 Å². The lowest BCUT2D eigenvalue weighted by Crippen LogP contribution is -2.23. The van der Waals surface area contributed by atoms with Gasteiger partial charge < -0.3 is 5.32 Å². The summed E-state index contributed by atoms with van der Waals surface area (Å²) < 4.78 is 0. The van der Waals surface area contributed by atoms with E-state index in [1.165, 1.54) is 0 Å². The van der Waals surface area contributed by atoms with Gasteiger partial charge in [0.1, 0.15) is 11.5 Å². The molecule has 0 aliphatic rings. The summed E-state index contributed by atoms with van der Waals surface area (Å²) in [4.78, 5) is 29.6. The van der Waals surface area contributed by atoms with E-state index >= 15 is 0 Å². The number of nitrogens with zero attached hydrogens (tertiary/aromatic N) is 4. The number of nitrogens with one attached hydrogen (secondary N) is 1. The van der Waals surface area contributed by atoms with Gasteiger partial charge in [-0.3, -0.25) is 14.8 Å². The minimum absolute atomic E-state index is 0.196. The highest BCUT2D eigenvalue weighted by Crippen LogP contribution is 2.28. The molecule has 0 saturated carbocycles. The van der Waals surface area contributed by atoms with Gasteiger partial charge in [-0.15, -0.1) is 0 Å². The van der Waals surface area contributed by atoms with E-state index in [-0.39, 0.29) is 5.91 Å². The van der Waals surface area contributed by atoms with Crippen molar-refractivity contribution in [2.45, 2.75) is 13.5 Å². The van der Waals surface area contributed by atoms with Gasteiger partial charge in [0.2, 0.25) is 0 Å². The average Bonchev–Trinajstić information content (AvgIpc) is 2.79. The van der Waals surface area contributed by atoms with Gasteiger partial charge >= 0.3 is 0 Å². The Morgan fingerprint density at radius 2 is 1.66 bits per heavy atom. The molecule has 0 bridgehead atoms. The number of aryl methyl sites for hydroxylation is 1. The Hall–Kier alpha value is -3.93. The molecule has 0 aliphatic carbocycles. The van der Waals surface area contributed by atoms with Crippen LogP contribution in [0.2, 0.25) is 0 Å². The fourth-order valence-electron chi connectivity index (χ4n) is 2.95. The zero-order valence-electron chi connectivity index (χ0n) is 15.9. The van der Waals surface area contributed by atoms with Crippen molar-refractivity contribution >= 4 is 5.91 Å². The van der Waals surface area contributed by atoms with Crippen LogP contribution in [0, 0.1) is 6.92 Å². The summed E-state index contributed by atoms with van der Waals surface area (Å²) in [6.45, 7) is 2.29. The third kappa shape index (κ3) is 4.32. The summed E-state index contributed by atoms with van der Waals surface area (Å²) in [5, 5.41) is 2.88. The molecule has 0 saturated heterocycles. The molecule has 142 valence electrons. The molecule has 6 heteroatoms. The van der Waals surface area contributed by atoms with E-state index in [1.807, 2.05) is 49.4 Å². The number of benzene rings is 1. The van der Waals surface area contributed by atoms with E-state index in [9.17, 15) is 4.79 Å². The van der Waals surface area contributed by atoms with E-state index in [1.54, 1.807) is 36.8 Å². The number of aromatic nitrogens is 4. The molecule has 0 unspecified atom stereocenters. The molecular weight excluding hydrogens is 362 g/mol. The first-order chi connectivity index (χ1) is 14.2. The highest BCUT2D eigenvalue weighted by molar-refractivity contribution is 5.92. The predicted molar refractivity (Wildman–Crippen MR) is 111 cm³/mol. The Morgan fingerprint density at radius 1 is 0.897 bits per heavy atom. The molecule has 0 aliphatic heterocycles. The van der Waals surface area contributed by atoms with Gasteiger partial charge in [0.25, 0.3) is 5.91 Å². The van der Waals surface area contributed by atoms with Gasteiger partial charge in [-0.1, -0.05) is 36.4 Å². The summed E-state index contributed by atoms with van der Waals surface area (Å²) in [6.07, 6.45) is 5.17. The molecular formula is C23H19N5O. The average molecular weight is 381 g/mol. The van der Waals surface area contributed by atoms with E-state index in [0.29, 0.717) is 18.1 Å². The van der Waals surface area contributed by atoms with Crippen LogP contribution in [0.15, 0.2) is 79.3 Å². The Bertz CT molecular complexity index is 1110. The third-order valence-corrected chi connectivity index (χ3v) is 4.43. The van der Waals surface area contributed by atoms with Crippen LogP contribution in [0.1, 0.15) is 21.9 Å². The molecule has 0 fully saturated rings. The maximum Gasteiger partial charge on any atom is 0.270 e. The minimum atomic E-state index is -0.196. The lowest BCUT2D eigenvalue weighted by atomic mass is 10.0. The van der Waals surface area contributed by atoms with Crippen molar-refractivity contribution < 1.29 is 4.79 Å². The molecule has 29 heavy (non-hydrogen) atoms. The summed E-state index contributed by atoms with van der Waals surface area (Å²) in [6, 6.07) is 19.0. The van der Waals surface area contributed by atoms with Gasteiger partial charge in [-0.05, 0) is 36.8 Å². The van der Waals surface area contributed by atoms with Gasteiger partial charge in [0.15, 0.2) is 0 Å². The van der Waals surface area contributed by atoms with Crippen LogP contribution in [-0.4, -0.2) is 25.8 Å². The molecule has 4 aromatic rings. The van der Waals surface area contributed by atoms with Crippen LogP contribution >= 0.6 is 0 Å². The summed E-state index contributed by atoms with van der Waals surface area (Å²) in [7, 11) is 0. The smallest absolute Gasteiger partial charge is 0.270 e. The predicted octanol–water partition coefficient (Wildman–Crippen LogP) is 3.84. The molecule has 6 nitrogen and oxygen atoms in total. The van der Waals surface area contributed by atoms with Crippen LogP contribution in [-0.2, 0) is 6.54 Å². The zero-order valence-corrected chi connectivity index (χ0v) is 15.9. The van der Waals surface area contributed by atoms with Crippen molar-refractivity contribution in [3.8, 4) is 22.5 Å². The van der Waals surface area contributed by atoms with E-state index in [0.717, 1.165) is 28.1 Å². The monoisotopic (exact) mass is 381 g/mol. The Labute approximate surface area is 168 Å². The summed E-state index contributed by atoms with van der Waals surface area (Å²) in [5.41, 5.74) is 4.90. The van der Waals surface area contributed by atoms with Crippen LogP contribution in [0.25, 0.3) is 22.5 Å². The summed E-state index contributed by atoms with van der Waals surface area (Å²) >= 11 is 0. The number of pyridine rings is 2. The second-order valence-corrected chi connectivity index (χ2v) is 6.49. The number of hydrogen-bond acceptors (Lipinski definition) is 5. The SMILES string of the molecule is Cc1ncc(-c2ccccn2)c(-c2ccc(CNC(=O)c3ccccn3)cc2)n1. The first-order valence-corrected chi connectivity index (χ1v) is 9.24. The van der Waals surface area contributed by atoms with Gasteiger partial charge in [0, 0.05) is 36.3 Å².